The summed E-state index contributed by atoms with van der Waals surface area (Å²) in [6, 6.07) is 17.8. The minimum atomic E-state index is -0.0718. The number of likely N-dealkylation sites (tertiary alicyclic amines) is 1. The SMILES string of the molecule is O=C(NCc1ccccc1)N1CCC[C@@H]1c1nnn2cc(NCc3cccnc3)ccc12. The molecule has 1 aliphatic heterocycles. The molecule has 2 amide bonds. The van der Waals surface area contributed by atoms with Crippen LogP contribution < -0.4 is 10.6 Å². The van der Waals surface area contributed by atoms with Gasteiger partial charge in [-0.2, -0.15) is 0 Å². The zero-order valence-corrected chi connectivity index (χ0v) is 17.7. The Hall–Kier alpha value is -3.94. The van der Waals surface area contributed by atoms with Gasteiger partial charge < -0.3 is 15.5 Å². The third-order valence-corrected chi connectivity index (χ3v) is 5.78. The summed E-state index contributed by atoms with van der Waals surface area (Å²) >= 11 is 0. The van der Waals surface area contributed by atoms with Crippen LogP contribution in [-0.2, 0) is 13.1 Å². The molecule has 32 heavy (non-hydrogen) atoms. The van der Waals surface area contributed by atoms with Crippen LogP contribution in [0.15, 0.2) is 73.2 Å². The molecule has 162 valence electrons. The lowest BCUT2D eigenvalue weighted by atomic mass is 10.1. The Morgan fingerprint density at radius 3 is 2.75 bits per heavy atom. The number of carbonyl (C=O) groups excluding carboxylic acids is 1. The minimum absolute atomic E-state index is 0.0627. The normalized spacial score (nSPS) is 15.8. The van der Waals surface area contributed by atoms with Crippen molar-refractivity contribution in [1.82, 2.24) is 30.0 Å². The first-order chi connectivity index (χ1) is 15.8. The molecule has 8 nitrogen and oxygen atoms in total. The predicted octanol–water partition coefficient (Wildman–Crippen LogP) is 3.78. The molecule has 1 aromatic carbocycles. The number of benzene rings is 1. The van der Waals surface area contributed by atoms with E-state index in [1.54, 1.807) is 10.7 Å². The molecular formula is C24H25N7O. The van der Waals surface area contributed by atoms with Crippen LogP contribution >= 0.6 is 0 Å². The van der Waals surface area contributed by atoms with Crippen LogP contribution in [0.2, 0.25) is 0 Å². The van der Waals surface area contributed by atoms with Crippen molar-refractivity contribution in [2.45, 2.75) is 32.0 Å². The summed E-state index contributed by atoms with van der Waals surface area (Å²) in [7, 11) is 0. The summed E-state index contributed by atoms with van der Waals surface area (Å²) in [5.41, 5.74) is 4.90. The number of aromatic nitrogens is 4. The van der Waals surface area contributed by atoms with Crippen LogP contribution in [0.5, 0.6) is 0 Å². The number of rotatable bonds is 6. The zero-order chi connectivity index (χ0) is 21.8. The number of anilines is 1. The standard InChI is InChI=1S/C24H25N7O/c32-24(27-15-18-6-2-1-3-7-18)30-13-5-9-21(30)23-22-11-10-20(17-31(22)29-28-23)26-16-19-8-4-12-25-14-19/h1-4,6-8,10-12,14,17,21,26H,5,9,13,15-16H2,(H,27,32)/t21-/m1/s1. The van der Waals surface area contributed by atoms with Crippen LogP contribution in [0.25, 0.3) is 5.52 Å². The fraction of sp³-hybridized carbons (Fsp3) is 0.250. The van der Waals surface area contributed by atoms with Gasteiger partial charge in [0.2, 0.25) is 0 Å². The van der Waals surface area contributed by atoms with Crippen molar-refractivity contribution in [3.05, 3.63) is 90.0 Å². The number of fused-ring (bicyclic) bond motifs is 1. The maximum Gasteiger partial charge on any atom is 0.318 e. The van der Waals surface area contributed by atoms with Crippen LogP contribution in [-0.4, -0.2) is 37.3 Å². The molecule has 0 saturated carbocycles. The average molecular weight is 428 g/mol. The van der Waals surface area contributed by atoms with Crippen LogP contribution in [0.4, 0.5) is 10.5 Å². The second-order valence-electron chi connectivity index (χ2n) is 7.93. The Labute approximate surface area is 186 Å². The molecule has 1 saturated heterocycles. The van der Waals surface area contributed by atoms with Gasteiger partial charge in [-0.15, -0.1) is 5.10 Å². The predicted molar refractivity (Wildman–Crippen MR) is 122 cm³/mol. The summed E-state index contributed by atoms with van der Waals surface area (Å²) in [6.07, 6.45) is 7.37. The van der Waals surface area contributed by atoms with E-state index in [0.29, 0.717) is 13.1 Å². The monoisotopic (exact) mass is 427 g/mol. The molecule has 0 radical (unpaired) electrons. The molecule has 1 aliphatic rings. The smallest absolute Gasteiger partial charge is 0.318 e. The highest BCUT2D eigenvalue weighted by Crippen LogP contribution is 2.33. The molecule has 0 unspecified atom stereocenters. The van der Waals surface area contributed by atoms with Crippen molar-refractivity contribution in [2.75, 3.05) is 11.9 Å². The number of urea groups is 1. The summed E-state index contributed by atoms with van der Waals surface area (Å²) in [6.45, 7) is 1.91. The van der Waals surface area contributed by atoms with Crippen molar-refractivity contribution in [1.29, 1.82) is 0 Å². The van der Waals surface area contributed by atoms with Gasteiger partial charge in [0.25, 0.3) is 0 Å². The lowest BCUT2D eigenvalue weighted by molar-refractivity contribution is 0.192. The summed E-state index contributed by atoms with van der Waals surface area (Å²) in [4.78, 5) is 18.9. The molecule has 0 spiro atoms. The Morgan fingerprint density at radius 1 is 1.03 bits per heavy atom. The summed E-state index contributed by atoms with van der Waals surface area (Å²) in [5, 5.41) is 15.2. The highest BCUT2D eigenvalue weighted by Gasteiger charge is 2.33. The first kappa shape index (κ1) is 20.0. The molecule has 5 rings (SSSR count). The number of nitrogens with one attached hydrogen (secondary N) is 2. The van der Waals surface area contributed by atoms with Crippen molar-refractivity contribution in [3.63, 3.8) is 0 Å². The Bertz CT molecular complexity index is 1190. The van der Waals surface area contributed by atoms with Crippen molar-refractivity contribution in [2.24, 2.45) is 0 Å². The number of pyridine rings is 2. The molecule has 1 atom stereocenters. The van der Waals surface area contributed by atoms with Gasteiger partial charge in [-0.25, -0.2) is 9.31 Å². The van der Waals surface area contributed by atoms with E-state index < -0.39 is 0 Å². The number of hydrogen-bond donors (Lipinski definition) is 2. The fourth-order valence-corrected chi connectivity index (χ4v) is 4.13. The first-order valence-corrected chi connectivity index (χ1v) is 10.8. The second-order valence-corrected chi connectivity index (χ2v) is 7.93. The van der Waals surface area contributed by atoms with Crippen LogP contribution in [0.3, 0.4) is 0 Å². The average Bonchev–Trinajstić information content (AvgIpc) is 3.49. The first-order valence-electron chi connectivity index (χ1n) is 10.8. The van der Waals surface area contributed by atoms with Crippen LogP contribution in [0, 0.1) is 0 Å². The lowest BCUT2D eigenvalue weighted by Gasteiger charge is -2.23. The topological polar surface area (TPSA) is 87.5 Å². The number of hydrogen-bond acceptors (Lipinski definition) is 5. The molecule has 3 aromatic heterocycles. The maximum absolute atomic E-state index is 12.9. The fourth-order valence-electron chi connectivity index (χ4n) is 4.13. The van der Waals surface area contributed by atoms with Crippen LogP contribution in [0.1, 0.15) is 35.7 Å². The third-order valence-electron chi connectivity index (χ3n) is 5.78. The Morgan fingerprint density at radius 2 is 1.91 bits per heavy atom. The highest BCUT2D eigenvalue weighted by atomic mass is 16.2. The minimum Gasteiger partial charge on any atom is -0.380 e. The van der Waals surface area contributed by atoms with Gasteiger partial charge in [-0.3, -0.25) is 4.98 Å². The van der Waals surface area contributed by atoms with Gasteiger partial charge in [-0.1, -0.05) is 41.6 Å². The van der Waals surface area contributed by atoms with E-state index in [0.717, 1.165) is 47.4 Å². The van der Waals surface area contributed by atoms with E-state index in [1.165, 1.54) is 0 Å². The van der Waals surface area contributed by atoms with E-state index in [-0.39, 0.29) is 12.1 Å². The zero-order valence-electron chi connectivity index (χ0n) is 17.7. The largest absolute Gasteiger partial charge is 0.380 e. The maximum atomic E-state index is 12.9. The molecule has 8 heteroatoms. The van der Waals surface area contributed by atoms with E-state index >= 15 is 0 Å². The molecule has 4 aromatic rings. The summed E-state index contributed by atoms with van der Waals surface area (Å²) in [5.74, 6) is 0. The van der Waals surface area contributed by atoms with E-state index in [2.05, 4.69) is 25.9 Å². The van der Waals surface area contributed by atoms with Gasteiger partial charge >= 0.3 is 6.03 Å². The number of carbonyl (C=O) groups is 1. The van der Waals surface area contributed by atoms with Crippen molar-refractivity contribution >= 4 is 17.2 Å². The summed E-state index contributed by atoms with van der Waals surface area (Å²) < 4.78 is 1.78. The van der Waals surface area contributed by atoms with E-state index in [4.69, 9.17) is 0 Å². The molecular weight excluding hydrogens is 402 g/mol. The Balaban J connectivity index is 1.28. The molecule has 4 heterocycles. The highest BCUT2D eigenvalue weighted by molar-refractivity contribution is 5.75. The van der Waals surface area contributed by atoms with Gasteiger partial charge in [-0.05, 0) is 42.2 Å². The van der Waals surface area contributed by atoms with Gasteiger partial charge in [0.15, 0.2) is 0 Å². The number of amides is 2. The van der Waals surface area contributed by atoms with E-state index in [1.807, 2.05) is 71.9 Å². The molecule has 2 N–H and O–H groups in total. The molecule has 0 aliphatic carbocycles. The third kappa shape index (κ3) is 4.25. The van der Waals surface area contributed by atoms with Gasteiger partial charge in [0.1, 0.15) is 5.69 Å². The van der Waals surface area contributed by atoms with Crippen molar-refractivity contribution < 1.29 is 4.79 Å². The lowest BCUT2D eigenvalue weighted by Crippen LogP contribution is -2.39. The van der Waals surface area contributed by atoms with Gasteiger partial charge in [0.05, 0.1) is 23.4 Å². The van der Waals surface area contributed by atoms with Crippen molar-refractivity contribution in [3.8, 4) is 0 Å². The number of nitrogens with zero attached hydrogens (tertiary/aromatic N) is 5. The Kier molecular flexibility index (Phi) is 5.65. The molecule has 1 fully saturated rings. The molecule has 0 bridgehead atoms. The second kappa shape index (κ2) is 9.05. The van der Waals surface area contributed by atoms with Gasteiger partial charge in [0, 0.05) is 32.0 Å². The van der Waals surface area contributed by atoms with E-state index in [9.17, 15) is 4.79 Å². The quantitative estimate of drug-likeness (QED) is 0.489.